The first-order valence-corrected chi connectivity index (χ1v) is 6.63. The molecule has 0 bridgehead atoms. The van der Waals surface area contributed by atoms with E-state index in [4.69, 9.17) is 0 Å². The van der Waals surface area contributed by atoms with Crippen LogP contribution in [-0.2, 0) is 0 Å². The standard InChI is InChI=1S/4FH.Ho.Pb/h4*1H;;/q;;;;;+4/p-4. The van der Waals surface area contributed by atoms with Gasteiger partial charge in [0, 0.05) is 37.7 Å². The molecule has 1 radical (unpaired) electrons. The van der Waals surface area contributed by atoms with E-state index in [0.717, 1.165) is 0 Å². The largest absolute Gasteiger partial charge is 0 e. The van der Waals surface area contributed by atoms with Crippen LogP contribution < -0.4 is 0 Å². The van der Waals surface area contributed by atoms with Gasteiger partial charge in [-0.15, -0.1) is 0 Å². The van der Waals surface area contributed by atoms with E-state index < -0.39 is 23.7 Å². The Morgan fingerprint density at radius 3 is 0.833 bits per heavy atom. The van der Waals surface area contributed by atoms with Gasteiger partial charge >= 0.3 is 33.7 Å². The van der Waals surface area contributed by atoms with Crippen molar-refractivity contribution in [2.45, 2.75) is 0 Å². The molecule has 0 aliphatic rings. The molecule has 0 saturated carbocycles. The van der Waals surface area contributed by atoms with Gasteiger partial charge in [0.15, 0.2) is 0 Å². The third-order valence-electron chi connectivity index (χ3n) is 0. The molecule has 43 valence electrons. The van der Waals surface area contributed by atoms with Crippen molar-refractivity contribution in [3.8, 4) is 0 Å². The van der Waals surface area contributed by atoms with Crippen LogP contribution in [0.25, 0.3) is 0 Å². The summed E-state index contributed by atoms with van der Waals surface area (Å²) in [5.41, 5.74) is 0. The molecule has 0 nitrogen and oxygen atoms in total. The maximum Gasteiger partial charge on any atom is 0 e. The minimum Gasteiger partial charge on any atom is 0 e. The maximum absolute atomic E-state index is 9.91. The fourth-order valence-corrected chi connectivity index (χ4v) is 0. The van der Waals surface area contributed by atoms with Crippen LogP contribution in [0.3, 0.4) is 0 Å². The quantitative estimate of drug-likeness (QED) is 0.388. The zero-order chi connectivity index (χ0) is 4.50. The molecule has 0 saturated heterocycles. The third kappa shape index (κ3) is 39.2. The predicted molar refractivity (Wildman–Crippen MR) is 10.2 cm³/mol. The van der Waals surface area contributed by atoms with Crippen LogP contribution in [0.2, 0.25) is 0 Å². The first-order valence-electron chi connectivity index (χ1n) is 0.756. The summed E-state index contributed by atoms with van der Waals surface area (Å²) in [4.78, 5) is 0. The molecule has 0 aliphatic heterocycles. The van der Waals surface area contributed by atoms with Crippen molar-refractivity contribution >= 4 is 23.7 Å². The van der Waals surface area contributed by atoms with Crippen molar-refractivity contribution in [3.05, 3.63) is 0 Å². The average Bonchev–Trinajstić information content (AvgIpc) is 0.722. The van der Waals surface area contributed by atoms with Gasteiger partial charge in [-0.05, 0) is 0 Å². The van der Waals surface area contributed by atoms with Gasteiger partial charge in [0.2, 0.25) is 0 Å². The molecule has 0 rings (SSSR count). The van der Waals surface area contributed by atoms with Gasteiger partial charge in [0.25, 0.3) is 0 Å². The maximum atomic E-state index is 9.91. The minimum atomic E-state index is -7.28. The molecular formula is F4HoPb. The number of hydrogen-bond donors (Lipinski definition) is 0. The van der Waals surface area contributed by atoms with Crippen molar-refractivity contribution in [1.29, 1.82) is 0 Å². The van der Waals surface area contributed by atoms with Crippen molar-refractivity contribution in [2.24, 2.45) is 0 Å². The summed E-state index contributed by atoms with van der Waals surface area (Å²) in [7, 11) is 0. The normalized spacial score (nSPS) is 10.0. The van der Waals surface area contributed by atoms with Gasteiger partial charge in [-0.2, -0.15) is 0 Å². The van der Waals surface area contributed by atoms with Gasteiger partial charge in [-0.3, -0.25) is 0 Å². The molecule has 0 N–H and O–H groups in total. The number of halogens is 4. The van der Waals surface area contributed by atoms with Crippen LogP contribution in [0.5, 0.6) is 0 Å². The van der Waals surface area contributed by atoms with Crippen LogP contribution in [0.1, 0.15) is 0 Å². The molecule has 0 aliphatic carbocycles. The zero-order valence-electron chi connectivity index (χ0n) is 2.31. The van der Waals surface area contributed by atoms with E-state index in [2.05, 4.69) is 0 Å². The Morgan fingerprint density at radius 2 is 0.833 bits per heavy atom. The van der Waals surface area contributed by atoms with E-state index in [1.54, 1.807) is 0 Å². The van der Waals surface area contributed by atoms with Gasteiger partial charge in [0.1, 0.15) is 0 Å². The Kier molecular flexibility index (Phi) is 6.93. The van der Waals surface area contributed by atoms with E-state index in [9.17, 15) is 10.0 Å². The Bertz CT molecular complexity index is 23.0. The van der Waals surface area contributed by atoms with Gasteiger partial charge in [-0.25, -0.2) is 0 Å². The monoisotopic (exact) mass is 449 g/mol. The molecule has 0 heterocycles. The minimum absolute atomic E-state index is 0. The van der Waals surface area contributed by atoms with Crippen molar-refractivity contribution < 1.29 is 47.8 Å². The fraction of sp³-hybridized carbons (Fsp3) is 0. The van der Waals surface area contributed by atoms with Crippen molar-refractivity contribution in [3.63, 3.8) is 0 Å². The number of rotatable bonds is 0. The summed E-state index contributed by atoms with van der Waals surface area (Å²) in [6.07, 6.45) is 0. The van der Waals surface area contributed by atoms with E-state index in [1.807, 2.05) is 0 Å². The summed E-state index contributed by atoms with van der Waals surface area (Å²) >= 11 is -7.28. The second kappa shape index (κ2) is 3.85. The summed E-state index contributed by atoms with van der Waals surface area (Å²) in [6, 6.07) is 0. The molecule has 6 heavy (non-hydrogen) atoms. The van der Waals surface area contributed by atoms with Crippen molar-refractivity contribution in [2.75, 3.05) is 0 Å². The summed E-state index contributed by atoms with van der Waals surface area (Å²) in [6.45, 7) is 0. The summed E-state index contributed by atoms with van der Waals surface area (Å²) < 4.78 is 39.6. The second-order valence-corrected chi connectivity index (χ2v) is 3.76. The van der Waals surface area contributed by atoms with Gasteiger partial charge in [0.05, 0.1) is 0 Å². The Labute approximate surface area is 70.3 Å². The van der Waals surface area contributed by atoms with E-state index in [0.29, 0.717) is 0 Å². The predicted octanol–water partition coefficient (Wildman–Crippen LogP) is 1.30. The molecule has 0 aromatic heterocycles. The SMILES string of the molecule is [F][Pb]([F])([F])[F].[Ho]. The third-order valence-corrected chi connectivity index (χ3v) is 0. The van der Waals surface area contributed by atoms with Gasteiger partial charge < -0.3 is 0 Å². The Balaban J connectivity index is 0. The molecule has 0 spiro atoms. The van der Waals surface area contributed by atoms with Crippen LogP contribution in [-0.4, -0.2) is 23.7 Å². The molecule has 6 heteroatoms. The summed E-state index contributed by atoms with van der Waals surface area (Å²) in [5, 5.41) is 0. The van der Waals surface area contributed by atoms with Crippen LogP contribution >= 0.6 is 0 Å². The van der Waals surface area contributed by atoms with E-state index >= 15 is 0 Å². The Hall–Kier alpha value is 1.90. The smallest absolute Gasteiger partial charge is 0 e. The average molecular weight is 448 g/mol. The molecule has 0 atom stereocenters. The Morgan fingerprint density at radius 1 is 0.833 bits per heavy atom. The molecule has 0 amide bonds. The van der Waals surface area contributed by atoms with Gasteiger partial charge in [-0.1, -0.05) is 0 Å². The van der Waals surface area contributed by atoms with E-state index in [1.165, 1.54) is 0 Å². The summed E-state index contributed by atoms with van der Waals surface area (Å²) in [5.74, 6) is 0. The molecule has 0 aromatic rings. The zero-order valence-corrected chi connectivity index (χ0v) is 8.14. The topological polar surface area (TPSA) is 0 Å². The molecule has 0 aromatic carbocycles. The molecule has 0 unspecified atom stereocenters. The first-order chi connectivity index (χ1) is 2.00. The van der Waals surface area contributed by atoms with E-state index in [-0.39, 0.29) is 37.7 Å². The first kappa shape index (κ1) is 10.8. The van der Waals surface area contributed by atoms with Crippen LogP contribution in [0.4, 0.5) is 10.0 Å². The van der Waals surface area contributed by atoms with Crippen LogP contribution in [0, 0.1) is 37.7 Å². The fourth-order valence-electron chi connectivity index (χ4n) is 0. The number of hydrogen-bond acceptors (Lipinski definition) is 0. The van der Waals surface area contributed by atoms with Crippen LogP contribution in [0.15, 0.2) is 0 Å². The molecule has 0 fully saturated rings. The molecular weight excluding hydrogens is 448 g/mol. The second-order valence-electron chi connectivity index (χ2n) is 0.429. The van der Waals surface area contributed by atoms with Crippen molar-refractivity contribution in [1.82, 2.24) is 0 Å².